The number of alkyl halides is 6. The molecule has 0 spiro atoms. The molecule has 2 nitrogen and oxygen atoms in total. The number of hydrogen-bond donors (Lipinski definition) is 0. The molecular weight excluding hydrogens is 341 g/mol. The van der Waals surface area contributed by atoms with E-state index in [2.05, 4.69) is 0 Å². The van der Waals surface area contributed by atoms with E-state index in [0.717, 1.165) is 12.8 Å². The molecule has 0 amide bonds. The molecule has 0 saturated heterocycles. The maximum absolute atomic E-state index is 10.8. The lowest BCUT2D eigenvalue weighted by molar-refractivity contribution is -0.118. The summed E-state index contributed by atoms with van der Waals surface area (Å²) in [5.41, 5.74) is 0. The average Bonchev–Trinajstić information content (AvgIpc) is 2.12. The van der Waals surface area contributed by atoms with Crippen LogP contribution in [0.3, 0.4) is 0 Å². The summed E-state index contributed by atoms with van der Waals surface area (Å²) in [5.74, 6) is -0.320. The molecule has 0 fully saturated rings. The first-order valence-corrected chi connectivity index (χ1v) is 6.44. The van der Waals surface area contributed by atoms with Crippen LogP contribution in [0.1, 0.15) is 26.2 Å². The fraction of sp³-hybridized carbons (Fsp3) is 0.750. The quantitative estimate of drug-likeness (QED) is 0.547. The molecule has 0 aliphatic carbocycles. The third-order valence-electron chi connectivity index (χ3n) is 1.21. The number of Topliss-reactive ketones (excluding diaryl/α,β-unsaturated/α-hetero) is 1. The second-order valence-electron chi connectivity index (χ2n) is 2.68. The SMILES string of the molecule is CCCCC(=O)C(Cl)(Cl)Cl.O=CC(Cl)(Cl)Cl. The van der Waals surface area contributed by atoms with Crippen LogP contribution in [-0.4, -0.2) is 19.7 Å². The maximum Gasteiger partial charge on any atom is 0.248 e. The number of rotatable bonds is 3. The number of unbranched alkanes of at least 4 members (excludes halogenated alkanes) is 1. The summed E-state index contributed by atoms with van der Waals surface area (Å²) in [6.07, 6.45) is 2.31. The van der Waals surface area contributed by atoms with Gasteiger partial charge in [0, 0.05) is 6.42 Å². The van der Waals surface area contributed by atoms with Crippen molar-refractivity contribution in [2.75, 3.05) is 0 Å². The van der Waals surface area contributed by atoms with Crippen LogP contribution in [0.4, 0.5) is 0 Å². The van der Waals surface area contributed by atoms with Crippen molar-refractivity contribution in [2.24, 2.45) is 0 Å². The predicted molar refractivity (Wildman–Crippen MR) is 71.2 cm³/mol. The number of halogens is 6. The fourth-order valence-electron chi connectivity index (χ4n) is 0.479. The van der Waals surface area contributed by atoms with Crippen LogP contribution in [0.15, 0.2) is 0 Å². The Labute approximate surface area is 124 Å². The number of carbonyl (C=O) groups excluding carboxylic acids is 2. The minimum Gasteiger partial charge on any atom is -0.299 e. The van der Waals surface area contributed by atoms with Crippen molar-refractivity contribution in [3.63, 3.8) is 0 Å². The number of carbonyl (C=O) groups is 2. The van der Waals surface area contributed by atoms with Crippen molar-refractivity contribution >= 4 is 81.7 Å². The van der Waals surface area contributed by atoms with Crippen LogP contribution in [0.2, 0.25) is 0 Å². The van der Waals surface area contributed by atoms with Gasteiger partial charge >= 0.3 is 0 Å². The second-order valence-corrected chi connectivity index (χ2v) is 7.33. The van der Waals surface area contributed by atoms with Crippen molar-refractivity contribution in [1.82, 2.24) is 0 Å². The van der Waals surface area contributed by atoms with Crippen LogP contribution in [-0.2, 0) is 9.59 Å². The van der Waals surface area contributed by atoms with E-state index in [1.165, 1.54) is 0 Å². The highest BCUT2D eigenvalue weighted by atomic mass is 35.6. The van der Waals surface area contributed by atoms with Gasteiger partial charge in [0.2, 0.25) is 7.59 Å². The minimum atomic E-state index is -1.72. The van der Waals surface area contributed by atoms with Crippen LogP contribution in [0.5, 0.6) is 0 Å². The van der Waals surface area contributed by atoms with E-state index >= 15 is 0 Å². The fourth-order valence-corrected chi connectivity index (χ4v) is 0.763. The maximum atomic E-state index is 10.8. The van der Waals surface area contributed by atoms with Gasteiger partial charge in [-0.3, -0.25) is 9.59 Å². The van der Waals surface area contributed by atoms with E-state index in [0.29, 0.717) is 6.42 Å². The van der Waals surface area contributed by atoms with E-state index in [9.17, 15) is 9.59 Å². The zero-order chi connectivity index (χ0) is 13.4. The summed E-state index contributed by atoms with van der Waals surface area (Å²) in [6.45, 7) is 1.98. The first kappa shape index (κ1) is 19.4. The van der Waals surface area contributed by atoms with Crippen LogP contribution in [0.25, 0.3) is 0 Å². The minimum absolute atomic E-state index is 0.234. The number of aldehydes is 1. The molecule has 0 aromatic carbocycles. The third kappa shape index (κ3) is 15.1. The molecule has 0 heterocycles. The summed E-state index contributed by atoms with van der Waals surface area (Å²) in [5, 5.41) is 0. The monoisotopic (exact) mass is 348 g/mol. The van der Waals surface area contributed by atoms with Gasteiger partial charge in [-0.15, -0.1) is 0 Å². The Bertz CT molecular complexity index is 218. The Kier molecular flexibility index (Phi) is 11.0. The molecule has 96 valence electrons. The molecule has 0 radical (unpaired) electrons. The Morgan fingerprint density at radius 1 is 1.12 bits per heavy atom. The zero-order valence-electron chi connectivity index (χ0n) is 8.28. The van der Waals surface area contributed by atoms with Crippen molar-refractivity contribution < 1.29 is 9.59 Å². The highest BCUT2D eigenvalue weighted by Gasteiger charge is 2.28. The number of hydrogen-bond acceptors (Lipinski definition) is 2. The van der Waals surface area contributed by atoms with Crippen molar-refractivity contribution in [2.45, 2.75) is 33.8 Å². The van der Waals surface area contributed by atoms with Crippen molar-refractivity contribution in [3.05, 3.63) is 0 Å². The molecule has 0 atom stereocenters. The van der Waals surface area contributed by atoms with Gasteiger partial charge in [0.1, 0.15) is 0 Å². The highest BCUT2D eigenvalue weighted by molar-refractivity contribution is 6.76. The number of ketones is 1. The lowest BCUT2D eigenvalue weighted by Crippen LogP contribution is -2.17. The van der Waals surface area contributed by atoms with Gasteiger partial charge in [-0.1, -0.05) is 83.0 Å². The third-order valence-corrected chi connectivity index (χ3v) is 2.11. The molecule has 0 N–H and O–H groups in total. The van der Waals surface area contributed by atoms with E-state index in [1.807, 2.05) is 6.92 Å². The van der Waals surface area contributed by atoms with Gasteiger partial charge in [0.05, 0.1) is 0 Å². The molecule has 8 heteroatoms. The van der Waals surface area contributed by atoms with E-state index in [-0.39, 0.29) is 12.1 Å². The summed E-state index contributed by atoms with van der Waals surface area (Å²) in [6, 6.07) is 0. The Balaban J connectivity index is 0. The van der Waals surface area contributed by atoms with Crippen LogP contribution >= 0.6 is 69.6 Å². The molecule has 0 bridgehead atoms. The molecular formula is C8H10Cl6O2. The smallest absolute Gasteiger partial charge is 0.248 e. The van der Waals surface area contributed by atoms with Gasteiger partial charge in [-0.2, -0.15) is 0 Å². The lowest BCUT2D eigenvalue weighted by Gasteiger charge is -2.07. The van der Waals surface area contributed by atoms with Crippen LogP contribution < -0.4 is 0 Å². The van der Waals surface area contributed by atoms with Crippen molar-refractivity contribution in [3.8, 4) is 0 Å². The molecule has 0 unspecified atom stereocenters. The summed E-state index contributed by atoms with van der Waals surface area (Å²) < 4.78 is -3.44. The normalized spacial score (nSPS) is 11.4. The zero-order valence-corrected chi connectivity index (χ0v) is 12.8. The molecule has 0 rings (SSSR count). The van der Waals surface area contributed by atoms with Gasteiger partial charge in [0.15, 0.2) is 12.1 Å². The second kappa shape index (κ2) is 9.07. The first-order valence-electron chi connectivity index (χ1n) is 4.17. The van der Waals surface area contributed by atoms with Crippen molar-refractivity contribution in [1.29, 1.82) is 0 Å². The molecule has 0 aromatic rings. The van der Waals surface area contributed by atoms with E-state index in [1.54, 1.807) is 0 Å². The van der Waals surface area contributed by atoms with E-state index < -0.39 is 7.59 Å². The molecule has 0 aliphatic heterocycles. The average molecular weight is 351 g/mol. The summed E-state index contributed by atoms with van der Waals surface area (Å²) >= 11 is 30.5. The van der Waals surface area contributed by atoms with Gasteiger partial charge in [-0.25, -0.2) is 0 Å². The molecule has 16 heavy (non-hydrogen) atoms. The molecule has 0 aromatic heterocycles. The first-order chi connectivity index (χ1) is 7.04. The Hall–Kier alpha value is 1.08. The highest BCUT2D eigenvalue weighted by Crippen LogP contribution is 2.28. The summed E-state index contributed by atoms with van der Waals surface area (Å²) in [7, 11) is 0. The Morgan fingerprint density at radius 3 is 1.69 bits per heavy atom. The Morgan fingerprint density at radius 2 is 1.50 bits per heavy atom. The van der Waals surface area contributed by atoms with Gasteiger partial charge in [-0.05, 0) is 6.42 Å². The standard InChI is InChI=1S/C6H9Cl3O.C2HCl3O/c1-2-3-4-5(10)6(7,8)9;3-2(4,5)1-6/h2-4H2,1H3;1H. The van der Waals surface area contributed by atoms with Crippen LogP contribution in [0, 0.1) is 0 Å². The largest absolute Gasteiger partial charge is 0.299 e. The van der Waals surface area contributed by atoms with E-state index in [4.69, 9.17) is 69.6 Å². The van der Waals surface area contributed by atoms with Gasteiger partial charge < -0.3 is 0 Å². The molecule has 0 aliphatic rings. The topological polar surface area (TPSA) is 34.1 Å². The summed E-state index contributed by atoms with van der Waals surface area (Å²) in [4.78, 5) is 20.3. The van der Waals surface area contributed by atoms with Gasteiger partial charge in [0.25, 0.3) is 0 Å². The lowest BCUT2D eigenvalue weighted by atomic mass is 10.2. The predicted octanol–water partition coefficient (Wildman–Crippen LogP) is 4.67. The molecule has 0 saturated carbocycles.